The van der Waals surface area contributed by atoms with Crippen molar-refractivity contribution in [1.82, 2.24) is 15.1 Å². The first-order valence-corrected chi connectivity index (χ1v) is 6.28. The number of nitrogens with one attached hydrogen (secondary N) is 1. The summed E-state index contributed by atoms with van der Waals surface area (Å²) in [6.07, 6.45) is 0. The molecule has 0 saturated heterocycles. The molecule has 0 aliphatic rings. The van der Waals surface area contributed by atoms with Gasteiger partial charge in [0.25, 0.3) is 5.91 Å². The van der Waals surface area contributed by atoms with Crippen LogP contribution in [0.5, 0.6) is 5.75 Å². The number of halogens is 2. The zero-order valence-electron chi connectivity index (χ0n) is 11.6. The van der Waals surface area contributed by atoms with Gasteiger partial charge in [-0.25, -0.2) is 0 Å². The third kappa shape index (κ3) is 4.01. The van der Waals surface area contributed by atoms with Crippen LogP contribution in [-0.4, -0.2) is 22.3 Å². The van der Waals surface area contributed by atoms with Crippen molar-refractivity contribution < 1.29 is 18.3 Å². The number of amides is 1. The van der Waals surface area contributed by atoms with Gasteiger partial charge in [-0.15, -0.1) is 0 Å². The minimum atomic E-state index is -2.88. The standard InChI is InChI=1S/C14H15F2N3O2/c1-9-7-11(19(2)18-9)8-17-13(20)10-3-5-12(6-4-10)21-14(15)16/h3-7,14H,8H2,1-2H3,(H,17,20). The highest BCUT2D eigenvalue weighted by Crippen LogP contribution is 2.15. The average Bonchev–Trinajstić information content (AvgIpc) is 2.74. The second-order valence-corrected chi connectivity index (χ2v) is 4.49. The summed E-state index contributed by atoms with van der Waals surface area (Å²) >= 11 is 0. The van der Waals surface area contributed by atoms with Crippen LogP contribution in [0.15, 0.2) is 30.3 Å². The fourth-order valence-electron chi connectivity index (χ4n) is 1.89. The van der Waals surface area contributed by atoms with Gasteiger partial charge in [-0.1, -0.05) is 0 Å². The summed E-state index contributed by atoms with van der Waals surface area (Å²) < 4.78 is 29.9. The normalized spacial score (nSPS) is 10.7. The van der Waals surface area contributed by atoms with E-state index in [9.17, 15) is 13.6 Å². The molecule has 7 heteroatoms. The van der Waals surface area contributed by atoms with Gasteiger partial charge in [0, 0.05) is 12.6 Å². The van der Waals surface area contributed by atoms with Crippen LogP contribution in [0.3, 0.4) is 0 Å². The van der Waals surface area contributed by atoms with Gasteiger partial charge in [-0.2, -0.15) is 13.9 Å². The van der Waals surface area contributed by atoms with Crippen molar-refractivity contribution in [2.24, 2.45) is 7.05 Å². The molecule has 0 atom stereocenters. The Bertz CT molecular complexity index is 624. The molecule has 1 aromatic carbocycles. The van der Waals surface area contributed by atoms with Gasteiger partial charge in [0.2, 0.25) is 0 Å². The predicted octanol–water partition coefficient (Wildman–Crippen LogP) is 2.26. The first kappa shape index (κ1) is 15.0. The molecule has 5 nitrogen and oxygen atoms in total. The molecule has 0 saturated carbocycles. The zero-order valence-corrected chi connectivity index (χ0v) is 11.6. The van der Waals surface area contributed by atoms with Crippen LogP contribution in [0.25, 0.3) is 0 Å². The smallest absolute Gasteiger partial charge is 0.387 e. The number of ether oxygens (including phenoxy) is 1. The largest absolute Gasteiger partial charge is 0.435 e. The molecule has 0 aliphatic carbocycles. The van der Waals surface area contributed by atoms with Crippen LogP contribution in [-0.2, 0) is 13.6 Å². The van der Waals surface area contributed by atoms with Crippen LogP contribution >= 0.6 is 0 Å². The molecule has 1 N–H and O–H groups in total. The number of hydrogen-bond acceptors (Lipinski definition) is 3. The molecule has 0 aliphatic heterocycles. The van der Waals surface area contributed by atoms with Crippen molar-refractivity contribution in [2.75, 3.05) is 0 Å². The lowest BCUT2D eigenvalue weighted by atomic mass is 10.2. The molecule has 21 heavy (non-hydrogen) atoms. The van der Waals surface area contributed by atoms with Gasteiger partial charge in [0.15, 0.2) is 0 Å². The number of alkyl halides is 2. The van der Waals surface area contributed by atoms with E-state index in [1.165, 1.54) is 24.3 Å². The van der Waals surface area contributed by atoms with Gasteiger partial charge in [0.05, 0.1) is 17.9 Å². The van der Waals surface area contributed by atoms with Gasteiger partial charge in [0.1, 0.15) is 5.75 Å². The van der Waals surface area contributed by atoms with E-state index in [0.29, 0.717) is 12.1 Å². The van der Waals surface area contributed by atoms with E-state index in [-0.39, 0.29) is 11.7 Å². The average molecular weight is 295 g/mol. The fraction of sp³-hybridized carbons (Fsp3) is 0.286. The van der Waals surface area contributed by atoms with Crippen LogP contribution < -0.4 is 10.1 Å². The molecule has 1 aromatic heterocycles. The fourth-order valence-corrected chi connectivity index (χ4v) is 1.89. The highest BCUT2D eigenvalue weighted by atomic mass is 19.3. The Balaban J connectivity index is 1.95. The second kappa shape index (κ2) is 6.34. The van der Waals surface area contributed by atoms with E-state index >= 15 is 0 Å². The molecular formula is C14H15F2N3O2. The number of nitrogens with zero attached hydrogens (tertiary/aromatic N) is 2. The number of benzene rings is 1. The Hall–Kier alpha value is -2.44. The Kier molecular flexibility index (Phi) is 4.52. The van der Waals surface area contributed by atoms with E-state index in [0.717, 1.165) is 11.4 Å². The SMILES string of the molecule is Cc1cc(CNC(=O)c2ccc(OC(F)F)cc2)n(C)n1. The van der Waals surface area contributed by atoms with Gasteiger partial charge < -0.3 is 10.1 Å². The van der Waals surface area contributed by atoms with E-state index in [1.54, 1.807) is 11.7 Å². The molecule has 0 spiro atoms. The van der Waals surface area contributed by atoms with Crippen molar-refractivity contribution in [1.29, 1.82) is 0 Å². The second-order valence-electron chi connectivity index (χ2n) is 4.49. The van der Waals surface area contributed by atoms with Gasteiger partial charge in [-0.3, -0.25) is 9.48 Å². The summed E-state index contributed by atoms with van der Waals surface area (Å²) in [7, 11) is 1.80. The first-order chi connectivity index (χ1) is 9.95. The van der Waals surface area contributed by atoms with E-state index in [1.807, 2.05) is 13.0 Å². The first-order valence-electron chi connectivity index (χ1n) is 6.28. The van der Waals surface area contributed by atoms with Crippen molar-refractivity contribution in [3.8, 4) is 5.75 Å². The minimum absolute atomic E-state index is 0.0174. The lowest BCUT2D eigenvalue weighted by Gasteiger charge is -2.07. The Morgan fingerprint density at radius 2 is 2.05 bits per heavy atom. The van der Waals surface area contributed by atoms with E-state index in [4.69, 9.17) is 0 Å². The summed E-state index contributed by atoms with van der Waals surface area (Å²) in [5.41, 5.74) is 2.12. The minimum Gasteiger partial charge on any atom is -0.435 e. The number of hydrogen-bond donors (Lipinski definition) is 1. The molecule has 0 radical (unpaired) electrons. The van der Waals surface area contributed by atoms with Crippen LogP contribution in [0, 0.1) is 6.92 Å². The number of carbonyl (C=O) groups excluding carboxylic acids is 1. The maximum atomic E-state index is 12.0. The molecule has 2 rings (SSSR count). The molecule has 2 aromatic rings. The van der Waals surface area contributed by atoms with Crippen molar-refractivity contribution in [3.63, 3.8) is 0 Å². The monoisotopic (exact) mass is 295 g/mol. The number of rotatable bonds is 5. The Morgan fingerprint density at radius 3 is 2.57 bits per heavy atom. The van der Waals surface area contributed by atoms with Gasteiger partial charge in [-0.05, 0) is 37.3 Å². The van der Waals surface area contributed by atoms with Crippen LogP contribution in [0.2, 0.25) is 0 Å². The van der Waals surface area contributed by atoms with Crippen LogP contribution in [0.1, 0.15) is 21.7 Å². The summed E-state index contributed by atoms with van der Waals surface area (Å²) in [5.74, 6) is -0.277. The maximum Gasteiger partial charge on any atom is 0.387 e. The lowest BCUT2D eigenvalue weighted by molar-refractivity contribution is -0.0498. The highest BCUT2D eigenvalue weighted by molar-refractivity contribution is 5.94. The number of aromatic nitrogens is 2. The summed E-state index contributed by atoms with van der Waals surface area (Å²) in [5, 5.41) is 6.92. The number of carbonyl (C=O) groups is 1. The zero-order chi connectivity index (χ0) is 15.4. The molecular weight excluding hydrogens is 280 g/mol. The molecule has 1 amide bonds. The summed E-state index contributed by atoms with van der Waals surface area (Å²) in [4.78, 5) is 11.9. The third-order valence-corrected chi connectivity index (χ3v) is 2.87. The van der Waals surface area contributed by atoms with Gasteiger partial charge >= 0.3 is 6.61 Å². The quantitative estimate of drug-likeness (QED) is 0.920. The van der Waals surface area contributed by atoms with E-state index in [2.05, 4.69) is 15.2 Å². The summed E-state index contributed by atoms with van der Waals surface area (Å²) in [6, 6.07) is 7.40. The Labute approximate surface area is 120 Å². The van der Waals surface area contributed by atoms with E-state index < -0.39 is 6.61 Å². The van der Waals surface area contributed by atoms with Crippen molar-refractivity contribution in [3.05, 3.63) is 47.3 Å². The topological polar surface area (TPSA) is 56.1 Å². The lowest BCUT2D eigenvalue weighted by Crippen LogP contribution is -2.24. The predicted molar refractivity (Wildman–Crippen MR) is 72.2 cm³/mol. The number of aryl methyl sites for hydroxylation is 2. The maximum absolute atomic E-state index is 12.0. The van der Waals surface area contributed by atoms with Crippen LogP contribution in [0.4, 0.5) is 8.78 Å². The highest BCUT2D eigenvalue weighted by Gasteiger charge is 2.09. The summed E-state index contributed by atoms with van der Waals surface area (Å²) in [6.45, 7) is -0.670. The molecule has 0 fully saturated rings. The molecule has 1 heterocycles. The molecule has 0 unspecified atom stereocenters. The van der Waals surface area contributed by atoms with Crippen molar-refractivity contribution >= 4 is 5.91 Å². The Morgan fingerprint density at radius 1 is 1.38 bits per heavy atom. The molecule has 112 valence electrons. The molecule has 0 bridgehead atoms. The third-order valence-electron chi connectivity index (χ3n) is 2.87. The van der Waals surface area contributed by atoms with Crippen molar-refractivity contribution in [2.45, 2.75) is 20.1 Å².